The molecular weight excluding hydrogens is 348 g/mol. The summed E-state index contributed by atoms with van der Waals surface area (Å²) in [5.41, 5.74) is -0.242. The third kappa shape index (κ3) is 2.64. The Bertz CT molecular complexity index is 659. The van der Waals surface area contributed by atoms with Crippen LogP contribution in [0.3, 0.4) is 0 Å². The summed E-state index contributed by atoms with van der Waals surface area (Å²) in [6, 6.07) is 3.44. The van der Waals surface area contributed by atoms with Crippen LogP contribution < -0.4 is 0 Å². The molecule has 1 aromatic rings. The molecule has 1 unspecified atom stereocenters. The molecule has 21 heavy (non-hydrogen) atoms. The highest BCUT2D eigenvalue weighted by Crippen LogP contribution is 2.27. The van der Waals surface area contributed by atoms with Crippen molar-refractivity contribution in [2.24, 2.45) is 0 Å². The maximum absolute atomic E-state index is 12.1. The number of nitro benzene ring substituents is 1. The summed E-state index contributed by atoms with van der Waals surface area (Å²) in [7, 11) is 1.18. The van der Waals surface area contributed by atoms with Gasteiger partial charge in [0.25, 0.3) is 17.5 Å². The zero-order chi connectivity index (χ0) is 15.7. The molecule has 0 aliphatic carbocycles. The molecule has 0 saturated heterocycles. The molecule has 0 N–H and O–H groups in total. The zero-order valence-corrected chi connectivity index (χ0v) is 12.3. The Hall–Kier alpha value is -2.29. The first-order valence-corrected chi connectivity index (χ1v) is 6.65. The number of carbonyl (C=O) groups is 3. The molecule has 1 aliphatic heterocycles. The third-order valence-corrected chi connectivity index (χ3v) is 3.63. The van der Waals surface area contributed by atoms with Gasteiger partial charge in [0.15, 0.2) is 0 Å². The van der Waals surface area contributed by atoms with E-state index in [9.17, 15) is 24.5 Å². The lowest BCUT2D eigenvalue weighted by atomic mass is 10.1. The molecule has 1 atom stereocenters. The van der Waals surface area contributed by atoms with Crippen LogP contribution in [0.25, 0.3) is 0 Å². The second-order valence-electron chi connectivity index (χ2n) is 4.20. The van der Waals surface area contributed by atoms with Crippen LogP contribution in [0.15, 0.2) is 18.2 Å². The maximum atomic E-state index is 12.1. The van der Waals surface area contributed by atoms with Crippen LogP contribution in [0, 0.1) is 10.1 Å². The lowest BCUT2D eigenvalue weighted by molar-refractivity contribution is -0.384. The first-order valence-electron chi connectivity index (χ1n) is 5.73. The monoisotopic (exact) mass is 356 g/mol. The van der Waals surface area contributed by atoms with Crippen LogP contribution in [0.1, 0.15) is 20.7 Å². The van der Waals surface area contributed by atoms with E-state index in [0.29, 0.717) is 0 Å². The van der Waals surface area contributed by atoms with Crippen LogP contribution >= 0.6 is 15.9 Å². The Morgan fingerprint density at radius 1 is 1.38 bits per heavy atom. The minimum atomic E-state index is -0.861. The Balaban J connectivity index is 2.30. The number of ether oxygens (including phenoxy) is 1. The van der Waals surface area contributed by atoms with E-state index in [0.717, 1.165) is 17.0 Å². The lowest BCUT2D eigenvalue weighted by Gasteiger charge is -2.16. The molecule has 0 aromatic heterocycles. The number of nitro groups is 1. The summed E-state index contributed by atoms with van der Waals surface area (Å²) in [5.74, 6) is -1.90. The minimum Gasteiger partial charge on any atom is -0.468 e. The predicted molar refractivity (Wildman–Crippen MR) is 73.2 cm³/mol. The lowest BCUT2D eigenvalue weighted by Crippen LogP contribution is -2.38. The van der Waals surface area contributed by atoms with Crippen molar-refractivity contribution in [1.29, 1.82) is 0 Å². The topological polar surface area (TPSA) is 107 Å². The molecule has 0 saturated carbocycles. The number of non-ortho nitro benzene ring substituents is 1. The summed E-state index contributed by atoms with van der Waals surface area (Å²) in [5, 5.41) is 10.7. The van der Waals surface area contributed by atoms with Crippen molar-refractivity contribution in [3.8, 4) is 0 Å². The molecule has 8 nitrogen and oxygen atoms in total. The van der Waals surface area contributed by atoms with Crippen molar-refractivity contribution in [2.45, 2.75) is 4.83 Å². The van der Waals surface area contributed by atoms with Crippen LogP contribution in [-0.2, 0) is 9.53 Å². The Morgan fingerprint density at radius 2 is 2.00 bits per heavy atom. The molecule has 0 fully saturated rings. The van der Waals surface area contributed by atoms with Gasteiger partial charge in [-0.05, 0) is 6.07 Å². The van der Waals surface area contributed by atoms with Gasteiger partial charge in [-0.25, -0.2) is 0 Å². The molecule has 9 heteroatoms. The molecule has 110 valence electrons. The summed E-state index contributed by atoms with van der Waals surface area (Å²) >= 11 is 3.02. The van der Waals surface area contributed by atoms with Crippen LogP contribution in [0.2, 0.25) is 0 Å². The summed E-state index contributed by atoms with van der Waals surface area (Å²) < 4.78 is 4.50. The first-order chi connectivity index (χ1) is 9.86. The van der Waals surface area contributed by atoms with Crippen molar-refractivity contribution in [3.05, 3.63) is 39.4 Å². The molecule has 1 aliphatic rings. The smallest absolute Gasteiger partial charge is 0.321 e. The number of rotatable bonds is 4. The number of benzene rings is 1. The van der Waals surface area contributed by atoms with Gasteiger partial charge < -0.3 is 4.74 Å². The Morgan fingerprint density at radius 3 is 2.57 bits per heavy atom. The van der Waals surface area contributed by atoms with Gasteiger partial charge >= 0.3 is 5.97 Å². The number of fused-ring (bicyclic) bond motifs is 1. The molecule has 0 radical (unpaired) electrons. The van der Waals surface area contributed by atoms with Gasteiger partial charge in [0.1, 0.15) is 4.83 Å². The van der Waals surface area contributed by atoms with E-state index >= 15 is 0 Å². The van der Waals surface area contributed by atoms with Gasteiger partial charge in [0.05, 0.1) is 29.7 Å². The van der Waals surface area contributed by atoms with E-state index < -0.39 is 27.5 Å². The number of methoxy groups -OCH3 is 1. The Kier molecular flexibility index (Phi) is 4.03. The average Bonchev–Trinajstić information content (AvgIpc) is 2.70. The van der Waals surface area contributed by atoms with Crippen LogP contribution in [-0.4, -0.2) is 46.1 Å². The van der Waals surface area contributed by atoms with Gasteiger partial charge in [0.2, 0.25) is 0 Å². The van der Waals surface area contributed by atoms with Crippen molar-refractivity contribution in [2.75, 3.05) is 13.7 Å². The van der Waals surface area contributed by atoms with E-state index in [4.69, 9.17) is 0 Å². The van der Waals surface area contributed by atoms with Crippen molar-refractivity contribution in [3.63, 3.8) is 0 Å². The minimum absolute atomic E-state index is 0.0428. The fourth-order valence-electron chi connectivity index (χ4n) is 1.92. The van der Waals surface area contributed by atoms with Gasteiger partial charge in [-0.1, -0.05) is 15.9 Å². The van der Waals surface area contributed by atoms with Gasteiger partial charge in [-0.2, -0.15) is 0 Å². The average molecular weight is 357 g/mol. The number of imide groups is 1. The van der Waals surface area contributed by atoms with Gasteiger partial charge in [-0.3, -0.25) is 29.4 Å². The highest BCUT2D eigenvalue weighted by Gasteiger charge is 2.38. The van der Waals surface area contributed by atoms with Gasteiger partial charge in [-0.15, -0.1) is 0 Å². The first kappa shape index (κ1) is 15.1. The number of alkyl halides is 1. The molecule has 2 rings (SSSR count). The van der Waals surface area contributed by atoms with Gasteiger partial charge in [0, 0.05) is 12.1 Å². The Labute approximate surface area is 126 Å². The third-order valence-electron chi connectivity index (χ3n) is 2.96. The fourth-order valence-corrected chi connectivity index (χ4v) is 2.40. The molecule has 1 aromatic carbocycles. The standard InChI is InChI=1S/C12H9BrN2O6/c1-21-12(18)9(13)5-14-10(16)7-3-2-6(15(19)20)4-8(7)11(14)17/h2-4,9H,5H2,1H3. The number of halogens is 1. The van der Waals surface area contributed by atoms with E-state index in [1.165, 1.54) is 13.2 Å². The molecular formula is C12H9BrN2O6. The summed E-state index contributed by atoms with van der Waals surface area (Å²) in [6.45, 7) is -0.215. The second kappa shape index (κ2) is 5.60. The van der Waals surface area contributed by atoms with E-state index in [1.54, 1.807) is 0 Å². The van der Waals surface area contributed by atoms with Crippen LogP contribution in [0.4, 0.5) is 5.69 Å². The quantitative estimate of drug-likeness (QED) is 0.263. The van der Waals surface area contributed by atoms with Crippen LogP contribution in [0.5, 0.6) is 0 Å². The number of carbonyl (C=O) groups excluding carboxylic acids is 3. The number of hydrogen-bond donors (Lipinski definition) is 0. The molecule has 0 bridgehead atoms. The highest BCUT2D eigenvalue weighted by molar-refractivity contribution is 9.10. The van der Waals surface area contributed by atoms with E-state index in [1.807, 2.05) is 0 Å². The van der Waals surface area contributed by atoms with Crippen molar-refractivity contribution in [1.82, 2.24) is 4.90 Å². The van der Waals surface area contributed by atoms with E-state index in [-0.39, 0.29) is 23.4 Å². The van der Waals surface area contributed by atoms with Crippen molar-refractivity contribution < 1.29 is 24.0 Å². The maximum Gasteiger partial charge on any atom is 0.321 e. The number of nitrogens with zero attached hydrogens (tertiary/aromatic N) is 2. The molecule has 0 spiro atoms. The van der Waals surface area contributed by atoms with E-state index in [2.05, 4.69) is 20.7 Å². The number of esters is 1. The largest absolute Gasteiger partial charge is 0.468 e. The molecule has 2 amide bonds. The summed E-state index contributed by atoms with van der Waals surface area (Å²) in [4.78, 5) is 45.6. The number of amides is 2. The zero-order valence-electron chi connectivity index (χ0n) is 10.7. The normalized spacial score (nSPS) is 14.9. The number of hydrogen-bond acceptors (Lipinski definition) is 6. The highest BCUT2D eigenvalue weighted by atomic mass is 79.9. The molecule has 1 heterocycles. The predicted octanol–water partition coefficient (Wildman–Crippen LogP) is 1.13. The fraction of sp³-hybridized carbons (Fsp3) is 0.250. The summed E-state index contributed by atoms with van der Waals surface area (Å²) in [6.07, 6.45) is 0. The second-order valence-corrected chi connectivity index (χ2v) is 5.30. The van der Waals surface area contributed by atoms with Crippen molar-refractivity contribution >= 4 is 39.4 Å². The SMILES string of the molecule is COC(=O)C(Br)CN1C(=O)c2ccc([N+](=O)[O-])cc2C1=O.